The van der Waals surface area contributed by atoms with Gasteiger partial charge in [-0.2, -0.15) is 5.10 Å². The summed E-state index contributed by atoms with van der Waals surface area (Å²) in [5.74, 6) is 1.37. The molecule has 2 saturated heterocycles. The first-order valence-corrected chi connectivity index (χ1v) is 9.17. The van der Waals surface area contributed by atoms with Gasteiger partial charge in [0.2, 0.25) is 5.91 Å². The van der Waals surface area contributed by atoms with E-state index in [0.717, 1.165) is 57.0 Å². The van der Waals surface area contributed by atoms with Crippen LogP contribution < -0.4 is 5.32 Å². The van der Waals surface area contributed by atoms with Gasteiger partial charge in [-0.25, -0.2) is 0 Å². The molecule has 1 aromatic heterocycles. The molecule has 3 rings (SSSR count). The van der Waals surface area contributed by atoms with E-state index in [9.17, 15) is 4.79 Å². The SMILES string of the molecule is CC1CCN(C(=O)[C@H](C)NC[C@H]2CCO[C@@H]2c2cnn(C)c2)CC1. The first kappa shape index (κ1) is 17.4. The van der Waals surface area contributed by atoms with Crippen LogP contribution in [0.4, 0.5) is 0 Å². The van der Waals surface area contributed by atoms with Crippen molar-refractivity contribution in [1.82, 2.24) is 20.0 Å². The number of aromatic nitrogens is 2. The van der Waals surface area contributed by atoms with Crippen LogP contribution >= 0.6 is 0 Å². The lowest BCUT2D eigenvalue weighted by atomic mass is 9.96. The third-order valence-corrected chi connectivity index (χ3v) is 5.42. The summed E-state index contributed by atoms with van der Waals surface area (Å²) in [4.78, 5) is 14.6. The van der Waals surface area contributed by atoms with Gasteiger partial charge in [0.1, 0.15) is 0 Å². The van der Waals surface area contributed by atoms with E-state index < -0.39 is 0 Å². The lowest BCUT2D eigenvalue weighted by molar-refractivity contribution is -0.134. The predicted octanol–water partition coefficient (Wildman–Crippen LogP) is 1.73. The van der Waals surface area contributed by atoms with Crippen LogP contribution in [0.5, 0.6) is 0 Å². The zero-order chi connectivity index (χ0) is 17.1. The highest BCUT2D eigenvalue weighted by Gasteiger charge is 2.32. The summed E-state index contributed by atoms with van der Waals surface area (Å²) in [7, 11) is 1.92. The van der Waals surface area contributed by atoms with Crippen molar-refractivity contribution < 1.29 is 9.53 Å². The van der Waals surface area contributed by atoms with E-state index in [-0.39, 0.29) is 18.1 Å². The van der Waals surface area contributed by atoms with Crippen molar-refractivity contribution in [3.63, 3.8) is 0 Å². The summed E-state index contributed by atoms with van der Waals surface area (Å²) in [5, 5.41) is 7.68. The molecule has 1 N–H and O–H groups in total. The predicted molar refractivity (Wildman–Crippen MR) is 92.5 cm³/mol. The van der Waals surface area contributed by atoms with Gasteiger partial charge in [0, 0.05) is 51.0 Å². The minimum atomic E-state index is -0.131. The van der Waals surface area contributed by atoms with E-state index in [1.807, 2.05) is 35.9 Å². The number of hydrogen-bond acceptors (Lipinski definition) is 4. The van der Waals surface area contributed by atoms with Crippen molar-refractivity contribution in [2.24, 2.45) is 18.9 Å². The van der Waals surface area contributed by atoms with Crippen LogP contribution in [0.15, 0.2) is 12.4 Å². The minimum absolute atomic E-state index is 0.0874. The molecule has 2 aliphatic heterocycles. The molecule has 0 unspecified atom stereocenters. The Bertz CT molecular complexity index is 551. The number of rotatable bonds is 5. The summed E-state index contributed by atoms with van der Waals surface area (Å²) in [5.41, 5.74) is 1.13. The summed E-state index contributed by atoms with van der Waals surface area (Å²) >= 11 is 0. The molecule has 0 spiro atoms. The van der Waals surface area contributed by atoms with Gasteiger partial charge in [0.15, 0.2) is 0 Å². The van der Waals surface area contributed by atoms with Gasteiger partial charge in [-0.15, -0.1) is 0 Å². The van der Waals surface area contributed by atoms with Gasteiger partial charge < -0.3 is 15.0 Å². The smallest absolute Gasteiger partial charge is 0.239 e. The molecule has 1 amide bonds. The molecule has 0 bridgehead atoms. The molecular formula is C18H30N4O2. The molecule has 0 aliphatic carbocycles. The molecule has 0 aromatic carbocycles. The van der Waals surface area contributed by atoms with Crippen molar-refractivity contribution in [1.29, 1.82) is 0 Å². The molecule has 134 valence electrons. The maximum atomic E-state index is 12.6. The van der Waals surface area contributed by atoms with Crippen LogP contribution in [0.1, 0.15) is 44.8 Å². The Morgan fingerprint density at radius 3 is 2.83 bits per heavy atom. The summed E-state index contributed by atoms with van der Waals surface area (Å²) in [6, 6.07) is -0.131. The quantitative estimate of drug-likeness (QED) is 0.891. The van der Waals surface area contributed by atoms with Gasteiger partial charge in [0.25, 0.3) is 0 Å². The molecule has 2 fully saturated rings. The van der Waals surface area contributed by atoms with E-state index >= 15 is 0 Å². The third-order valence-electron chi connectivity index (χ3n) is 5.42. The van der Waals surface area contributed by atoms with Gasteiger partial charge in [-0.1, -0.05) is 6.92 Å². The summed E-state index contributed by atoms with van der Waals surface area (Å²) in [6.07, 6.45) is 7.26. The zero-order valence-corrected chi connectivity index (χ0v) is 15.1. The highest BCUT2D eigenvalue weighted by molar-refractivity contribution is 5.81. The lowest BCUT2D eigenvalue weighted by Crippen LogP contribution is -2.48. The maximum absolute atomic E-state index is 12.6. The lowest BCUT2D eigenvalue weighted by Gasteiger charge is -2.32. The topological polar surface area (TPSA) is 59.4 Å². The Morgan fingerprint density at radius 2 is 2.17 bits per heavy atom. The molecule has 24 heavy (non-hydrogen) atoms. The van der Waals surface area contributed by atoms with E-state index in [2.05, 4.69) is 17.3 Å². The molecule has 3 atom stereocenters. The minimum Gasteiger partial charge on any atom is -0.373 e. The van der Waals surface area contributed by atoms with Crippen LogP contribution in [0.3, 0.4) is 0 Å². The standard InChI is InChI=1S/C18H30N4O2/c1-13-4-7-22(8-5-13)18(23)14(2)19-10-15-6-9-24-17(15)16-11-20-21(3)12-16/h11-15,17,19H,4-10H2,1-3H3/t14-,15+,17-/m0/s1. The van der Waals surface area contributed by atoms with Gasteiger partial charge in [-0.05, 0) is 32.1 Å². The molecule has 1 aromatic rings. The normalized spacial score (nSPS) is 26.7. The number of piperidine rings is 1. The Hall–Kier alpha value is -1.40. The summed E-state index contributed by atoms with van der Waals surface area (Å²) in [6.45, 7) is 7.63. The largest absolute Gasteiger partial charge is 0.373 e. The van der Waals surface area contributed by atoms with Crippen LogP contribution in [0.2, 0.25) is 0 Å². The average molecular weight is 334 g/mol. The molecule has 6 nitrogen and oxygen atoms in total. The van der Waals surface area contributed by atoms with Crippen LogP contribution in [0.25, 0.3) is 0 Å². The first-order valence-electron chi connectivity index (χ1n) is 9.17. The van der Waals surface area contributed by atoms with Gasteiger partial charge in [-0.3, -0.25) is 9.48 Å². The van der Waals surface area contributed by atoms with Crippen molar-refractivity contribution in [3.8, 4) is 0 Å². The van der Waals surface area contributed by atoms with Crippen molar-refractivity contribution in [2.45, 2.75) is 45.3 Å². The molecule has 0 saturated carbocycles. The fourth-order valence-corrected chi connectivity index (χ4v) is 3.72. The summed E-state index contributed by atoms with van der Waals surface area (Å²) < 4.78 is 7.71. The van der Waals surface area contributed by atoms with Crippen molar-refractivity contribution in [2.75, 3.05) is 26.2 Å². The monoisotopic (exact) mass is 334 g/mol. The molecule has 0 radical (unpaired) electrons. The molecule has 2 aliphatic rings. The Balaban J connectivity index is 1.50. The Kier molecular flexibility index (Phi) is 5.56. The Labute approximate surface area is 144 Å². The van der Waals surface area contributed by atoms with Crippen LogP contribution in [0, 0.1) is 11.8 Å². The van der Waals surface area contributed by atoms with Crippen molar-refractivity contribution >= 4 is 5.91 Å². The van der Waals surface area contributed by atoms with Gasteiger partial charge in [0.05, 0.1) is 18.3 Å². The number of nitrogens with one attached hydrogen (secondary N) is 1. The maximum Gasteiger partial charge on any atom is 0.239 e. The number of hydrogen-bond donors (Lipinski definition) is 1. The highest BCUT2D eigenvalue weighted by Crippen LogP contribution is 2.33. The third kappa shape index (κ3) is 3.98. The van der Waals surface area contributed by atoms with Crippen LogP contribution in [-0.4, -0.2) is 52.9 Å². The van der Waals surface area contributed by atoms with E-state index in [0.29, 0.717) is 5.92 Å². The van der Waals surface area contributed by atoms with E-state index in [1.54, 1.807) is 0 Å². The first-order chi connectivity index (χ1) is 11.5. The van der Waals surface area contributed by atoms with Crippen LogP contribution in [-0.2, 0) is 16.6 Å². The van der Waals surface area contributed by atoms with Crippen molar-refractivity contribution in [3.05, 3.63) is 18.0 Å². The second kappa shape index (κ2) is 7.66. The number of ether oxygens (including phenoxy) is 1. The number of nitrogens with zero attached hydrogens (tertiary/aromatic N) is 3. The number of carbonyl (C=O) groups is 1. The van der Waals surface area contributed by atoms with E-state index in [4.69, 9.17) is 4.74 Å². The second-order valence-corrected chi connectivity index (χ2v) is 7.43. The van der Waals surface area contributed by atoms with E-state index in [1.165, 1.54) is 0 Å². The average Bonchev–Trinajstić information content (AvgIpc) is 3.21. The number of carbonyl (C=O) groups excluding carboxylic acids is 1. The number of likely N-dealkylation sites (tertiary alicyclic amines) is 1. The molecular weight excluding hydrogens is 304 g/mol. The Morgan fingerprint density at radius 1 is 1.42 bits per heavy atom. The number of aryl methyl sites for hydroxylation is 1. The highest BCUT2D eigenvalue weighted by atomic mass is 16.5. The molecule has 6 heteroatoms. The second-order valence-electron chi connectivity index (χ2n) is 7.43. The molecule has 3 heterocycles. The fraction of sp³-hybridized carbons (Fsp3) is 0.778. The fourth-order valence-electron chi connectivity index (χ4n) is 3.72. The zero-order valence-electron chi connectivity index (χ0n) is 15.1. The van der Waals surface area contributed by atoms with Gasteiger partial charge >= 0.3 is 0 Å². The number of amides is 1.